The SMILES string of the molecule is COc1cc2c(SC3=COC(Cc4ccccc4)O3)c(C(=O)O)n(C(Cc3ccccc3)C3=COCO3)c2cc1OCc1ccccc1. The van der Waals surface area contributed by atoms with Gasteiger partial charge in [0.2, 0.25) is 13.1 Å². The summed E-state index contributed by atoms with van der Waals surface area (Å²) >= 11 is 1.20. The lowest BCUT2D eigenvalue weighted by atomic mass is 10.0. The predicted octanol–water partition coefficient (Wildman–Crippen LogP) is 8.06. The van der Waals surface area contributed by atoms with Crippen LogP contribution in [0.4, 0.5) is 0 Å². The Morgan fingerprint density at radius 2 is 1.60 bits per heavy atom. The van der Waals surface area contributed by atoms with Gasteiger partial charge in [0.25, 0.3) is 0 Å². The Hall–Kier alpha value is -5.48. The zero-order valence-electron chi connectivity index (χ0n) is 26.1. The third kappa shape index (κ3) is 6.65. The molecule has 2 aliphatic heterocycles. The van der Waals surface area contributed by atoms with Crippen molar-refractivity contribution in [3.05, 3.63) is 149 Å². The minimum atomic E-state index is -1.11. The van der Waals surface area contributed by atoms with Gasteiger partial charge in [0.15, 0.2) is 22.3 Å². The van der Waals surface area contributed by atoms with E-state index in [-0.39, 0.29) is 12.5 Å². The van der Waals surface area contributed by atoms with Gasteiger partial charge in [-0.15, -0.1) is 0 Å². The van der Waals surface area contributed by atoms with Crippen LogP contribution >= 0.6 is 11.8 Å². The lowest BCUT2D eigenvalue weighted by Gasteiger charge is -2.22. The summed E-state index contributed by atoms with van der Waals surface area (Å²) in [6.07, 6.45) is 3.54. The van der Waals surface area contributed by atoms with Crippen molar-refractivity contribution in [1.29, 1.82) is 0 Å². The molecule has 0 bridgehead atoms. The fraction of sp³-hybridized carbons (Fsp3) is 0.184. The Bertz CT molecular complexity index is 1960. The molecular formula is C38H33NO8S. The predicted molar refractivity (Wildman–Crippen MR) is 181 cm³/mol. The Labute approximate surface area is 281 Å². The van der Waals surface area contributed by atoms with Crippen molar-refractivity contribution in [3.63, 3.8) is 0 Å². The van der Waals surface area contributed by atoms with Gasteiger partial charge >= 0.3 is 5.97 Å². The number of carboxylic acid groups (broad SMARTS) is 1. The van der Waals surface area contributed by atoms with Crippen molar-refractivity contribution in [2.24, 2.45) is 0 Å². The first-order chi connectivity index (χ1) is 23.6. The molecule has 2 aliphatic rings. The maximum absolute atomic E-state index is 13.3. The van der Waals surface area contributed by atoms with Gasteiger partial charge in [-0.1, -0.05) is 91.0 Å². The standard InChI is InChI=1S/C38H33NO8S/c1-42-31-19-28-29(20-32(31)44-21-27-15-9-4-10-16-27)39(30(33-22-43-24-46-33)17-25-11-5-2-6-12-25)36(38(40)41)37(28)48-35-23-45-34(47-35)18-26-13-7-3-8-14-26/h2-16,19-20,22-23,30,34H,17-18,21,24H2,1H3,(H,40,41). The maximum Gasteiger partial charge on any atom is 0.353 e. The minimum Gasteiger partial charge on any atom is -0.493 e. The quantitative estimate of drug-likeness (QED) is 0.134. The fourth-order valence-corrected chi connectivity index (χ4v) is 6.88. The van der Waals surface area contributed by atoms with Crippen LogP contribution in [0.2, 0.25) is 0 Å². The molecule has 0 radical (unpaired) electrons. The van der Waals surface area contributed by atoms with Crippen molar-refractivity contribution < 1.29 is 38.3 Å². The number of benzene rings is 4. The second-order valence-corrected chi connectivity index (χ2v) is 12.2. The lowest BCUT2D eigenvalue weighted by molar-refractivity contribution is -0.0235. The Balaban J connectivity index is 1.33. The Kier molecular flexibility index (Phi) is 9.15. The summed E-state index contributed by atoms with van der Waals surface area (Å²) in [6, 6.07) is 32.7. The molecule has 10 heteroatoms. The van der Waals surface area contributed by atoms with Crippen LogP contribution in [-0.4, -0.2) is 35.8 Å². The van der Waals surface area contributed by atoms with E-state index in [1.54, 1.807) is 24.2 Å². The Morgan fingerprint density at radius 1 is 0.917 bits per heavy atom. The number of hydrogen-bond donors (Lipinski definition) is 1. The molecule has 0 saturated carbocycles. The highest BCUT2D eigenvalue weighted by molar-refractivity contribution is 8.03. The van der Waals surface area contributed by atoms with E-state index in [4.69, 9.17) is 28.4 Å². The Morgan fingerprint density at radius 3 is 2.25 bits per heavy atom. The highest BCUT2D eigenvalue weighted by atomic mass is 32.2. The summed E-state index contributed by atoms with van der Waals surface area (Å²) in [5, 5.41) is 12.0. The number of nitrogens with zero attached hydrogens (tertiary/aromatic N) is 1. The number of hydrogen-bond acceptors (Lipinski definition) is 8. The third-order valence-electron chi connectivity index (χ3n) is 8.10. The highest BCUT2D eigenvalue weighted by Gasteiger charge is 2.34. The van der Waals surface area contributed by atoms with E-state index in [0.29, 0.717) is 57.6 Å². The normalized spacial score (nSPS) is 15.8. The molecule has 0 fully saturated rings. The van der Waals surface area contributed by atoms with Gasteiger partial charge in [-0.25, -0.2) is 4.79 Å². The van der Waals surface area contributed by atoms with Gasteiger partial charge in [-0.05, 0) is 34.5 Å². The number of rotatable bonds is 13. The first-order valence-electron chi connectivity index (χ1n) is 15.5. The molecule has 3 heterocycles. The van der Waals surface area contributed by atoms with Crippen LogP contribution in [0.25, 0.3) is 10.9 Å². The van der Waals surface area contributed by atoms with Crippen molar-refractivity contribution in [1.82, 2.24) is 4.57 Å². The largest absolute Gasteiger partial charge is 0.493 e. The van der Waals surface area contributed by atoms with E-state index in [1.165, 1.54) is 11.8 Å². The molecule has 4 aromatic carbocycles. The van der Waals surface area contributed by atoms with Gasteiger partial charge < -0.3 is 38.1 Å². The summed E-state index contributed by atoms with van der Waals surface area (Å²) in [5.41, 5.74) is 3.73. The van der Waals surface area contributed by atoms with Gasteiger partial charge in [-0.2, -0.15) is 0 Å². The maximum atomic E-state index is 13.3. The molecule has 0 saturated heterocycles. The molecular weight excluding hydrogens is 630 g/mol. The lowest BCUT2D eigenvalue weighted by Crippen LogP contribution is -2.20. The first-order valence-corrected chi connectivity index (χ1v) is 16.3. The van der Waals surface area contributed by atoms with E-state index >= 15 is 0 Å². The smallest absolute Gasteiger partial charge is 0.353 e. The zero-order chi connectivity index (χ0) is 32.9. The van der Waals surface area contributed by atoms with Crippen LogP contribution in [0.1, 0.15) is 33.2 Å². The number of fused-ring (bicyclic) bond motifs is 1. The van der Waals surface area contributed by atoms with Gasteiger partial charge in [0, 0.05) is 24.3 Å². The van der Waals surface area contributed by atoms with Crippen LogP contribution in [0.5, 0.6) is 11.5 Å². The number of methoxy groups -OCH3 is 1. The van der Waals surface area contributed by atoms with E-state index in [1.807, 2.05) is 103 Å². The molecule has 1 N–H and O–H groups in total. The van der Waals surface area contributed by atoms with Gasteiger partial charge in [0.1, 0.15) is 24.8 Å². The summed E-state index contributed by atoms with van der Waals surface area (Å²) in [7, 11) is 1.57. The molecule has 0 amide bonds. The van der Waals surface area contributed by atoms with E-state index in [2.05, 4.69) is 0 Å². The number of aromatic nitrogens is 1. The van der Waals surface area contributed by atoms with Gasteiger partial charge in [-0.3, -0.25) is 0 Å². The summed E-state index contributed by atoms with van der Waals surface area (Å²) in [4.78, 5) is 13.8. The van der Waals surface area contributed by atoms with Crippen molar-refractivity contribution in [2.75, 3.05) is 13.9 Å². The summed E-state index contributed by atoms with van der Waals surface area (Å²) < 4.78 is 37.3. The molecule has 2 atom stereocenters. The number of carbonyl (C=O) groups is 1. The van der Waals surface area contributed by atoms with Crippen LogP contribution < -0.4 is 9.47 Å². The summed E-state index contributed by atoms with van der Waals surface area (Å²) in [5.74, 6) is 0.338. The molecule has 5 aromatic rings. The van der Waals surface area contributed by atoms with Crippen LogP contribution in [0.3, 0.4) is 0 Å². The molecule has 2 unspecified atom stereocenters. The summed E-state index contributed by atoms with van der Waals surface area (Å²) in [6.45, 7) is 0.344. The average Bonchev–Trinajstić information content (AvgIpc) is 3.88. The number of carboxylic acids is 1. The molecule has 244 valence electrons. The van der Waals surface area contributed by atoms with Crippen molar-refractivity contribution in [2.45, 2.75) is 36.7 Å². The second-order valence-electron chi connectivity index (χ2n) is 11.2. The molecule has 1 aromatic heterocycles. The zero-order valence-corrected chi connectivity index (χ0v) is 26.9. The number of thioether (sulfide) groups is 1. The number of ether oxygens (including phenoxy) is 6. The third-order valence-corrected chi connectivity index (χ3v) is 9.11. The van der Waals surface area contributed by atoms with E-state index in [0.717, 1.165) is 16.7 Å². The highest BCUT2D eigenvalue weighted by Crippen LogP contribution is 2.47. The van der Waals surface area contributed by atoms with E-state index in [9.17, 15) is 9.90 Å². The van der Waals surface area contributed by atoms with Gasteiger partial charge in [0.05, 0.1) is 23.6 Å². The van der Waals surface area contributed by atoms with Crippen molar-refractivity contribution >= 4 is 28.6 Å². The first kappa shape index (κ1) is 31.1. The monoisotopic (exact) mass is 663 g/mol. The number of aromatic carboxylic acids is 1. The second kappa shape index (κ2) is 14.1. The van der Waals surface area contributed by atoms with Crippen LogP contribution in [-0.2, 0) is 38.4 Å². The topological polar surface area (TPSA) is 97.6 Å². The molecule has 48 heavy (non-hydrogen) atoms. The molecule has 0 spiro atoms. The molecule has 9 nitrogen and oxygen atoms in total. The molecule has 7 rings (SSSR count). The average molecular weight is 664 g/mol. The fourth-order valence-electron chi connectivity index (χ4n) is 5.87. The van der Waals surface area contributed by atoms with E-state index < -0.39 is 18.3 Å². The van der Waals surface area contributed by atoms with Crippen molar-refractivity contribution in [3.8, 4) is 11.5 Å². The minimum absolute atomic E-state index is 0.0456. The van der Waals surface area contributed by atoms with Crippen LogP contribution in [0, 0.1) is 0 Å². The molecule has 0 aliphatic carbocycles. The van der Waals surface area contributed by atoms with Crippen LogP contribution in [0.15, 0.2) is 131 Å². The number of allylic oxidation sites excluding steroid dienone is 1.